The van der Waals surface area contributed by atoms with Gasteiger partial charge in [-0.25, -0.2) is 14.6 Å². The number of para-hydroxylation sites is 1. The van der Waals surface area contributed by atoms with Crippen LogP contribution in [0.25, 0.3) is 16.7 Å². The molecule has 7 nitrogen and oxygen atoms in total. The minimum atomic E-state index is 0.432. The van der Waals surface area contributed by atoms with E-state index < -0.39 is 0 Å². The number of benzene rings is 1. The quantitative estimate of drug-likeness (QED) is 0.767. The van der Waals surface area contributed by atoms with Gasteiger partial charge in [0.1, 0.15) is 12.1 Å². The Morgan fingerprint density at radius 2 is 1.89 bits per heavy atom. The lowest BCUT2D eigenvalue weighted by Gasteiger charge is -2.35. The van der Waals surface area contributed by atoms with Crippen LogP contribution in [0.5, 0.6) is 0 Å². The first-order chi connectivity index (χ1) is 13.4. The van der Waals surface area contributed by atoms with Crippen molar-refractivity contribution in [3.63, 3.8) is 0 Å². The average Bonchev–Trinajstić information content (AvgIpc) is 3.40. The van der Waals surface area contributed by atoms with E-state index in [1.54, 1.807) is 6.33 Å². The molecular formula is C20H24N6O. The van der Waals surface area contributed by atoms with Gasteiger partial charge in [0.25, 0.3) is 0 Å². The summed E-state index contributed by atoms with van der Waals surface area (Å²) in [5, 5.41) is 9.14. The maximum Gasteiger partial charge on any atom is 0.168 e. The predicted octanol–water partition coefficient (Wildman–Crippen LogP) is 2.48. The van der Waals surface area contributed by atoms with Crippen molar-refractivity contribution in [3.8, 4) is 5.69 Å². The van der Waals surface area contributed by atoms with Gasteiger partial charge in [0.15, 0.2) is 5.65 Å². The predicted molar refractivity (Wildman–Crippen MR) is 104 cm³/mol. The third-order valence-electron chi connectivity index (χ3n) is 5.66. The van der Waals surface area contributed by atoms with Crippen molar-refractivity contribution in [2.24, 2.45) is 0 Å². The molecule has 3 aromatic rings. The van der Waals surface area contributed by atoms with Crippen molar-refractivity contribution >= 4 is 16.9 Å². The van der Waals surface area contributed by atoms with E-state index in [0.717, 1.165) is 61.7 Å². The summed E-state index contributed by atoms with van der Waals surface area (Å²) in [6.45, 7) is 4.03. The van der Waals surface area contributed by atoms with Gasteiger partial charge >= 0.3 is 0 Å². The van der Waals surface area contributed by atoms with E-state index in [4.69, 9.17) is 4.74 Å². The highest BCUT2D eigenvalue weighted by molar-refractivity contribution is 5.87. The van der Waals surface area contributed by atoms with Crippen LogP contribution in [0.1, 0.15) is 19.3 Å². The topological polar surface area (TPSA) is 68.1 Å². The van der Waals surface area contributed by atoms with E-state index in [0.29, 0.717) is 12.1 Å². The molecule has 1 N–H and O–H groups in total. The van der Waals surface area contributed by atoms with Crippen LogP contribution >= 0.6 is 0 Å². The van der Waals surface area contributed by atoms with Crippen molar-refractivity contribution in [2.75, 3.05) is 31.6 Å². The Bertz CT molecular complexity index is 897. The number of likely N-dealkylation sites (tertiary alicyclic amines) is 1. The van der Waals surface area contributed by atoms with E-state index in [-0.39, 0.29) is 0 Å². The maximum absolute atomic E-state index is 5.54. The first kappa shape index (κ1) is 16.6. The van der Waals surface area contributed by atoms with E-state index in [1.165, 1.54) is 6.42 Å². The summed E-state index contributed by atoms with van der Waals surface area (Å²) in [5.41, 5.74) is 1.84. The summed E-state index contributed by atoms with van der Waals surface area (Å²) in [6, 6.07) is 11.1. The van der Waals surface area contributed by atoms with Crippen molar-refractivity contribution in [1.29, 1.82) is 0 Å². The van der Waals surface area contributed by atoms with Gasteiger partial charge in [-0.3, -0.25) is 4.90 Å². The van der Waals surface area contributed by atoms with E-state index >= 15 is 0 Å². The van der Waals surface area contributed by atoms with Crippen molar-refractivity contribution in [1.82, 2.24) is 24.6 Å². The Hall–Kier alpha value is -2.51. The summed E-state index contributed by atoms with van der Waals surface area (Å²) >= 11 is 0. The molecule has 0 bridgehead atoms. The number of hydrogen-bond donors (Lipinski definition) is 1. The van der Waals surface area contributed by atoms with Gasteiger partial charge in [0.2, 0.25) is 0 Å². The Labute approximate surface area is 158 Å². The summed E-state index contributed by atoms with van der Waals surface area (Å²) in [5.74, 6) is 0.879. The Morgan fingerprint density at radius 3 is 2.67 bits per heavy atom. The van der Waals surface area contributed by atoms with Gasteiger partial charge < -0.3 is 10.1 Å². The zero-order chi connectivity index (χ0) is 18.1. The molecule has 4 heterocycles. The number of anilines is 1. The fraction of sp³-hybridized carbons (Fsp3) is 0.450. The largest absolute Gasteiger partial charge is 0.380 e. The van der Waals surface area contributed by atoms with Crippen molar-refractivity contribution < 1.29 is 4.74 Å². The molecule has 2 aliphatic rings. The molecule has 0 saturated carbocycles. The SMILES string of the molecule is c1ccc(-n2ncc3c(NC4CCN(C5CCOC5)CC4)ncnc32)cc1. The lowest BCUT2D eigenvalue weighted by Crippen LogP contribution is -2.44. The summed E-state index contributed by atoms with van der Waals surface area (Å²) in [7, 11) is 0. The number of ether oxygens (including phenoxy) is 1. The molecule has 1 aromatic carbocycles. The monoisotopic (exact) mass is 364 g/mol. The number of nitrogens with one attached hydrogen (secondary N) is 1. The molecular weight excluding hydrogens is 340 g/mol. The summed E-state index contributed by atoms with van der Waals surface area (Å²) in [4.78, 5) is 11.5. The normalized spacial score (nSPS) is 21.7. The lowest BCUT2D eigenvalue weighted by molar-refractivity contribution is 0.124. The molecule has 0 radical (unpaired) electrons. The van der Waals surface area contributed by atoms with Crippen molar-refractivity contribution in [3.05, 3.63) is 42.9 Å². The Kier molecular flexibility index (Phi) is 4.47. The molecule has 5 rings (SSSR count). The van der Waals surface area contributed by atoms with Gasteiger partial charge in [-0.15, -0.1) is 0 Å². The molecule has 0 spiro atoms. The second-order valence-electron chi connectivity index (χ2n) is 7.32. The molecule has 2 fully saturated rings. The first-order valence-corrected chi connectivity index (χ1v) is 9.71. The average molecular weight is 364 g/mol. The van der Waals surface area contributed by atoms with E-state index in [2.05, 4.69) is 25.3 Å². The first-order valence-electron chi connectivity index (χ1n) is 9.71. The third kappa shape index (κ3) is 3.28. The molecule has 7 heteroatoms. The van der Waals surface area contributed by atoms with Gasteiger partial charge in [0, 0.05) is 31.8 Å². The smallest absolute Gasteiger partial charge is 0.168 e. The summed E-state index contributed by atoms with van der Waals surface area (Å²) < 4.78 is 7.40. The number of nitrogens with zero attached hydrogens (tertiary/aromatic N) is 5. The highest BCUT2D eigenvalue weighted by atomic mass is 16.5. The summed E-state index contributed by atoms with van der Waals surface area (Å²) in [6.07, 6.45) is 6.89. The van der Waals surface area contributed by atoms with Gasteiger partial charge in [0.05, 0.1) is 23.9 Å². The van der Waals surface area contributed by atoms with E-state index in [9.17, 15) is 0 Å². The van der Waals surface area contributed by atoms with Crippen molar-refractivity contribution in [2.45, 2.75) is 31.3 Å². The van der Waals surface area contributed by atoms with Gasteiger partial charge in [-0.1, -0.05) is 18.2 Å². The molecule has 0 amide bonds. The van der Waals surface area contributed by atoms with E-state index in [1.807, 2.05) is 41.2 Å². The second kappa shape index (κ2) is 7.25. The van der Waals surface area contributed by atoms with Crippen LogP contribution in [0.15, 0.2) is 42.9 Å². The van der Waals surface area contributed by atoms with Crippen LogP contribution in [0.4, 0.5) is 5.82 Å². The number of hydrogen-bond acceptors (Lipinski definition) is 6. The number of aromatic nitrogens is 4. The minimum Gasteiger partial charge on any atom is -0.380 e. The molecule has 2 saturated heterocycles. The molecule has 1 atom stereocenters. The molecule has 27 heavy (non-hydrogen) atoms. The van der Waals surface area contributed by atoms with Crippen LogP contribution in [-0.4, -0.2) is 63.0 Å². The molecule has 2 aliphatic heterocycles. The fourth-order valence-corrected chi connectivity index (χ4v) is 4.13. The number of piperidine rings is 1. The van der Waals surface area contributed by atoms with Crippen LogP contribution in [0.2, 0.25) is 0 Å². The standard InChI is InChI=1S/C20H24N6O/c1-2-4-16(5-3-1)26-20-18(12-23-26)19(21-14-22-20)24-15-6-9-25(10-7-15)17-8-11-27-13-17/h1-5,12,14-15,17H,6-11,13H2,(H,21,22,24). The van der Waals surface area contributed by atoms with Crippen LogP contribution in [0.3, 0.4) is 0 Å². The molecule has 140 valence electrons. The maximum atomic E-state index is 5.54. The Balaban J connectivity index is 1.32. The molecule has 1 unspecified atom stereocenters. The van der Waals surface area contributed by atoms with Crippen LogP contribution in [0, 0.1) is 0 Å². The third-order valence-corrected chi connectivity index (χ3v) is 5.66. The number of rotatable bonds is 4. The number of fused-ring (bicyclic) bond motifs is 1. The second-order valence-corrected chi connectivity index (χ2v) is 7.32. The fourth-order valence-electron chi connectivity index (χ4n) is 4.13. The highest BCUT2D eigenvalue weighted by Gasteiger charge is 2.28. The van der Waals surface area contributed by atoms with Crippen LogP contribution in [-0.2, 0) is 4.74 Å². The molecule has 0 aliphatic carbocycles. The zero-order valence-electron chi connectivity index (χ0n) is 15.3. The zero-order valence-corrected chi connectivity index (χ0v) is 15.3. The van der Waals surface area contributed by atoms with Crippen LogP contribution < -0.4 is 5.32 Å². The lowest BCUT2D eigenvalue weighted by atomic mass is 10.0. The van der Waals surface area contributed by atoms with Gasteiger partial charge in [-0.2, -0.15) is 5.10 Å². The minimum absolute atomic E-state index is 0.432. The van der Waals surface area contributed by atoms with Gasteiger partial charge in [-0.05, 0) is 31.4 Å². The highest BCUT2D eigenvalue weighted by Crippen LogP contribution is 2.25. The molecule has 2 aromatic heterocycles. The Morgan fingerprint density at radius 1 is 1.04 bits per heavy atom.